The molecule has 4 N–H and O–H groups in total. The molecule has 5 heteroatoms. The lowest BCUT2D eigenvalue weighted by Crippen LogP contribution is -2.41. The van der Waals surface area contributed by atoms with Crippen LogP contribution in [0, 0.1) is 6.92 Å². The van der Waals surface area contributed by atoms with Crippen LogP contribution in [0.5, 0.6) is 0 Å². The average molecular weight is 323 g/mol. The SMILES string of the molecule is C=CCN1c2c(N)nc(N)nc2CCC1CCc1ccc(C)cc1. The number of rotatable bonds is 5. The maximum Gasteiger partial charge on any atom is 0.222 e. The molecule has 0 aliphatic carbocycles. The Morgan fingerprint density at radius 2 is 2.00 bits per heavy atom. The number of nitrogens with zero attached hydrogens (tertiary/aromatic N) is 3. The Bertz CT molecular complexity index is 723. The van der Waals surface area contributed by atoms with Crippen molar-refractivity contribution in [1.82, 2.24) is 9.97 Å². The van der Waals surface area contributed by atoms with Crippen LogP contribution in [0.3, 0.4) is 0 Å². The van der Waals surface area contributed by atoms with E-state index in [1.807, 2.05) is 6.08 Å². The summed E-state index contributed by atoms with van der Waals surface area (Å²) in [6.07, 6.45) is 5.95. The van der Waals surface area contributed by atoms with E-state index >= 15 is 0 Å². The summed E-state index contributed by atoms with van der Waals surface area (Å²) in [5.74, 6) is 0.724. The summed E-state index contributed by atoms with van der Waals surface area (Å²) in [5, 5.41) is 0. The van der Waals surface area contributed by atoms with E-state index in [4.69, 9.17) is 11.5 Å². The third-order valence-electron chi connectivity index (χ3n) is 4.66. The van der Waals surface area contributed by atoms with Gasteiger partial charge in [-0.2, -0.15) is 4.98 Å². The summed E-state index contributed by atoms with van der Waals surface area (Å²) in [6, 6.07) is 9.17. The van der Waals surface area contributed by atoms with E-state index in [1.54, 1.807) is 0 Å². The minimum Gasteiger partial charge on any atom is -0.382 e. The van der Waals surface area contributed by atoms with E-state index in [0.717, 1.165) is 43.6 Å². The molecule has 0 spiro atoms. The van der Waals surface area contributed by atoms with Crippen LogP contribution in [-0.2, 0) is 12.8 Å². The molecule has 0 bridgehead atoms. The zero-order valence-corrected chi connectivity index (χ0v) is 14.2. The monoisotopic (exact) mass is 323 g/mol. The minimum atomic E-state index is 0.253. The first-order valence-corrected chi connectivity index (χ1v) is 8.43. The molecule has 1 aromatic heterocycles. The normalized spacial score (nSPS) is 16.7. The van der Waals surface area contributed by atoms with Gasteiger partial charge in [0.25, 0.3) is 0 Å². The van der Waals surface area contributed by atoms with Crippen molar-refractivity contribution < 1.29 is 0 Å². The lowest BCUT2D eigenvalue weighted by Gasteiger charge is -2.38. The number of hydrogen-bond acceptors (Lipinski definition) is 5. The Morgan fingerprint density at radius 3 is 2.71 bits per heavy atom. The Hall–Kier alpha value is -2.56. The van der Waals surface area contributed by atoms with E-state index < -0.39 is 0 Å². The van der Waals surface area contributed by atoms with Crippen molar-refractivity contribution in [3.05, 3.63) is 53.7 Å². The minimum absolute atomic E-state index is 0.253. The third-order valence-corrected chi connectivity index (χ3v) is 4.66. The first kappa shape index (κ1) is 16.3. The Balaban J connectivity index is 1.80. The molecule has 0 fully saturated rings. The highest BCUT2D eigenvalue weighted by atomic mass is 15.2. The summed E-state index contributed by atoms with van der Waals surface area (Å²) < 4.78 is 0. The molecule has 1 aromatic carbocycles. The standard InChI is InChI=1S/C19H25N5/c1-3-12-24-15(9-8-14-6-4-13(2)5-7-14)10-11-16-17(24)18(20)23-19(21)22-16/h3-7,15H,1,8-12H2,2H3,(H4,20,21,22,23). The summed E-state index contributed by atoms with van der Waals surface area (Å²) in [6.45, 7) is 6.74. The Morgan fingerprint density at radius 1 is 1.25 bits per heavy atom. The predicted octanol–water partition coefficient (Wildman–Crippen LogP) is 2.89. The van der Waals surface area contributed by atoms with Crippen molar-refractivity contribution in [3.8, 4) is 0 Å². The fourth-order valence-electron chi connectivity index (χ4n) is 3.44. The predicted molar refractivity (Wildman–Crippen MR) is 100 cm³/mol. The number of anilines is 3. The van der Waals surface area contributed by atoms with Crippen molar-refractivity contribution in [2.24, 2.45) is 0 Å². The molecular weight excluding hydrogens is 298 g/mol. The second-order valence-corrected chi connectivity index (χ2v) is 6.42. The van der Waals surface area contributed by atoms with Crippen LogP contribution in [0.15, 0.2) is 36.9 Å². The van der Waals surface area contributed by atoms with Crippen LogP contribution in [0.25, 0.3) is 0 Å². The van der Waals surface area contributed by atoms with E-state index in [-0.39, 0.29) is 5.95 Å². The number of nitrogen functional groups attached to an aromatic ring is 2. The molecular formula is C19H25N5. The molecule has 0 saturated carbocycles. The van der Waals surface area contributed by atoms with Crippen molar-refractivity contribution in [3.63, 3.8) is 0 Å². The molecule has 0 radical (unpaired) electrons. The molecule has 1 unspecified atom stereocenters. The highest BCUT2D eigenvalue weighted by Crippen LogP contribution is 2.35. The molecule has 2 aromatic rings. The van der Waals surface area contributed by atoms with E-state index in [9.17, 15) is 0 Å². The largest absolute Gasteiger partial charge is 0.382 e. The molecule has 0 amide bonds. The van der Waals surface area contributed by atoms with Crippen LogP contribution in [0.1, 0.15) is 29.7 Å². The summed E-state index contributed by atoms with van der Waals surface area (Å²) in [5.41, 5.74) is 16.4. The highest BCUT2D eigenvalue weighted by Gasteiger charge is 2.29. The number of nitrogens with two attached hydrogens (primary N) is 2. The average Bonchev–Trinajstić information content (AvgIpc) is 2.55. The molecule has 5 nitrogen and oxygen atoms in total. The van der Waals surface area contributed by atoms with Crippen molar-refractivity contribution in [2.45, 2.75) is 38.6 Å². The molecule has 3 rings (SSSR count). The second-order valence-electron chi connectivity index (χ2n) is 6.42. The number of aryl methyl sites for hydroxylation is 3. The van der Waals surface area contributed by atoms with Gasteiger partial charge in [0.2, 0.25) is 5.95 Å². The fraction of sp³-hybridized carbons (Fsp3) is 0.368. The van der Waals surface area contributed by atoms with E-state index in [0.29, 0.717) is 11.9 Å². The van der Waals surface area contributed by atoms with Gasteiger partial charge >= 0.3 is 0 Å². The van der Waals surface area contributed by atoms with E-state index in [1.165, 1.54) is 11.1 Å². The van der Waals surface area contributed by atoms with Crippen LogP contribution in [-0.4, -0.2) is 22.6 Å². The van der Waals surface area contributed by atoms with Gasteiger partial charge in [0.1, 0.15) is 5.69 Å². The summed E-state index contributed by atoms with van der Waals surface area (Å²) >= 11 is 0. The van der Waals surface area contributed by atoms with Gasteiger partial charge in [-0.05, 0) is 38.2 Å². The molecule has 1 aliphatic heterocycles. The van der Waals surface area contributed by atoms with Gasteiger partial charge in [-0.25, -0.2) is 4.98 Å². The zero-order chi connectivity index (χ0) is 17.1. The maximum absolute atomic E-state index is 6.14. The second kappa shape index (κ2) is 6.91. The Labute approximate surface area is 143 Å². The molecule has 126 valence electrons. The van der Waals surface area contributed by atoms with Crippen LogP contribution in [0.4, 0.5) is 17.5 Å². The quantitative estimate of drug-likeness (QED) is 0.827. The fourth-order valence-corrected chi connectivity index (χ4v) is 3.44. The van der Waals surface area contributed by atoms with Gasteiger partial charge in [-0.15, -0.1) is 6.58 Å². The molecule has 0 saturated heterocycles. The van der Waals surface area contributed by atoms with Crippen LogP contribution >= 0.6 is 0 Å². The topological polar surface area (TPSA) is 81.1 Å². The van der Waals surface area contributed by atoms with Crippen LogP contribution < -0.4 is 16.4 Å². The molecule has 2 heterocycles. The zero-order valence-electron chi connectivity index (χ0n) is 14.2. The van der Waals surface area contributed by atoms with Gasteiger partial charge in [-0.3, -0.25) is 0 Å². The van der Waals surface area contributed by atoms with Gasteiger partial charge in [-0.1, -0.05) is 35.9 Å². The van der Waals surface area contributed by atoms with Gasteiger partial charge in [0.15, 0.2) is 5.82 Å². The maximum atomic E-state index is 6.14. The first-order valence-electron chi connectivity index (χ1n) is 8.43. The summed E-state index contributed by atoms with van der Waals surface area (Å²) in [4.78, 5) is 10.8. The molecule has 24 heavy (non-hydrogen) atoms. The number of hydrogen-bond donors (Lipinski definition) is 2. The lowest BCUT2D eigenvalue weighted by molar-refractivity contribution is 0.504. The third kappa shape index (κ3) is 3.35. The summed E-state index contributed by atoms with van der Waals surface area (Å²) in [7, 11) is 0. The van der Waals surface area contributed by atoms with Crippen LogP contribution in [0.2, 0.25) is 0 Å². The number of benzene rings is 1. The van der Waals surface area contributed by atoms with Gasteiger partial charge in [0.05, 0.1) is 5.69 Å². The van der Waals surface area contributed by atoms with Crippen molar-refractivity contribution >= 4 is 17.5 Å². The molecule has 1 aliphatic rings. The smallest absolute Gasteiger partial charge is 0.222 e. The van der Waals surface area contributed by atoms with Gasteiger partial charge < -0.3 is 16.4 Å². The Kier molecular flexibility index (Phi) is 4.69. The number of fused-ring (bicyclic) bond motifs is 1. The number of aromatic nitrogens is 2. The molecule has 1 atom stereocenters. The van der Waals surface area contributed by atoms with Crippen molar-refractivity contribution in [2.75, 3.05) is 22.9 Å². The lowest BCUT2D eigenvalue weighted by atomic mass is 9.94. The first-order chi connectivity index (χ1) is 11.6. The van der Waals surface area contributed by atoms with E-state index in [2.05, 4.69) is 52.6 Å². The van der Waals surface area contributed by atoms with Gasteiger partial charge in [0, 0.05) is 12.6 Å². The van der Waals surface area contributed by atoms with Crippen molar-refractivity contribution in [1.29, 1.82) is 0 Å². The highest BCUT2D eigenvalue weighted by molar-refractivity contribution is 5.69.